The zero-order valence-corrected chi connectivity index (χ0v) is 11.9. The van der Waals surface area contributed by atoms with Gasteiger partial charge in [-0.15, -0.1) is 0 Å². The van der Waals surface area contributed by atoms with Gasteiger partial charge in [-0.1, -0.05) is 12.8 Å². The van der Waals surface area contributed by atoms with Crippen LogP contribution >= 0.6 is 0 Å². The van der Waals surface area contributed by atoms with Crippen molar-refractivity contribution in [1.82, 2.24) is 4.98 Å². The smallest absolute Gasteiger partial charge is 0.363 e. The number of anilines is 1. The molecule has 2 atom stereocenters. The van der Waals surface area contributed by atoms with E-state index in [1.165, 1.54) is 18.9 Å². The number of nitro groups is 1. The molecule has 0 radical (unpaired) electrons. The molecule has 0 bridgehead atoms. The summed E-state index contributed by atoms with van der Waals surface area (Å²) in [5, 5.41) is 10.7. The highest BCUT2D eigenvalue weighted by atomic mass is 16.6. The largest absolute Gasteiger partial charge is 0.365 e. The summed E-state index contributed by atoms with van der Waals surface area (Å²) >= 11 is 0. The summed E-state index contributed by atoms with van der Waals surface area (Å²) in [6, 6.07) is 3.68. The van der Waals surface area contributed by atoms with Gasteiger partial charge in [0.2, 0.25) is 0 Å². The monoisotopic (exact) mass is 278 g/mol. The van der Waals surface area contributed by atoms with Gasteiger partial charge in [0.1, 0.15) is 0 Å². The molecule has 0 spiro atoms. The quantitative estimate of drug-likeness (QED) is 0.660. The van der Waals surface area contributed by atoms with Crippen LogP contribution in [-0.2, 0) is 0 Å². The zero-order valence-electron chi connectivity index (χ0n) is 11.9. The van der Waals surface area contributed by atoms with Gasteiger partial charge in [0.25, 0.3) is 0 Å². The molecule has 1 aliphatic rings. The van der Waals surface area contributed by atoms with Gasteiger partial charge in [-0.25, -0.2) is 0 Å². The van der Waals surface area contributed by atoms with Crippen LogP contribution in [0.5, 0.6) is 0 Å². The molecule has 1 saturated carbocycles. The summed E-state index contributed by atoms with van der Waals surface area (Å²) in [7, 11) is 0. The standard InChI is InChI=1S/C14H22N4O2/c1-2-17(13-6-4-3-5-11(13)9-15)12-7-8-14(16-10-12)18(19)20/h7-8,10-11,13H,2-6,9,15H2,1H3. The molecule has 1 heterocycles. The summed E-state index contributed by atoms with van der Waals surface area (Å²) in [6.07, 6.45) is 6.36. The van der Waals surface area contributed by atoms with E-state index in [9.17, 15) is 10.1 Å². The topological polar surface area (TPSA) is 85.3 Å². The molecule has 1 aliphatic carbocycles. The number of nitrogens with two attached hydrogens (primary N) is 1. The molecule has 0 saturated heterocycles. The van der Waals surface area contributed by atoms with Gasteiger partial charge in [-0.3, -0.25) is 0 Å². The molecular weight excluding hydrogens is 256 g/mol. The molecule has 110 valence electrons. The molecule has 6 nitrogen and oxygen atoms in total. The van der Waals surface area contributed by atoms with E-state index in [1.807, 2.05) is 0 Å². The van der Waals surface area contributed by atoms with Gasteiger partial charge in [-0.05, 0) is 48.2 Å². The number of rotatable bonds is 5. The van der Waals surface area contributed by atoms with Crippen LogP contribution in [0.4, 0.5) is 11.5 Å². The summed E-state index contributed by atoms with van der Waals surface area (Å²) < 4.78 is 0. The van der Waals surface area contributed by atoms with Crippen LogP contribution in [0, 0.1) is 16.0 Å². The summed E-state index contributed by atoms with van der Waals surface area (Å²) in [4.78, 5) is 16.4. The van der Waals surface area contributed by atoms with E-state index in [-0.39, 0.29) is 5.82 Å². The van der Waals surface area contributed by atoms with Crippen molar-refractivity contribution in [1.29, 1.82) is 0 Å². The van der Waals surface area contributed by atoms with Gasteiger partial charge in [0.05, 0.1) is 5.69 Å². The van der Waals surface area contributed by atoms with E-state index in [2.05, 4.69) is 16.8 Å². The second-order valence-corrected chi connectivity index (χ2v) is 5.27. The lowest BCUT2D eigenvalue weighted by atomic mass is 9.83. The van der Waals surface area contributed by atoms with Gasteiger partial charge < -0.3 is 20.7 Å². The fourth-order valence-electron chi connectivity index (χ4n) is 3.14. The lowest BCUT2D eigenvalue weighted by Gasteiger charge is -2.40. The Hall–Kier alpha value is -1.69. The van der Waals surface area contributed by atoms with Crippen LogP contribution in [0.25, 0.3) is 0 Å². The van der Waals surface area contributed by atoms with E-state index in [1.54, 1.807) is 12.3 Å². The maximum absolute atomic E-state index is 10.7. The third-order valence-electron chi connectivity index (χ3n) is 4.16. The first-order valence-corrected chi connectivity index (χ1v) is 7.24. The number of pyridine rings is 1. The molecule has 1 aromatic rings. The van der Waals surface area contributed by atoms with Gasteiger partial charge in [-0.2, -0.15) is 0 Å². The third-order valence-corrected chi connectivity index (χ3v) is 4.16. The van der Waals surface area contributed by atoms with Crippen LogP contribution in [0.3, 0.4) is 0 Å². The molecule has 0 aliphatic heterocycles. The van der Waals surface area contributed by atoms with Crippen molar-refractivity contribution in [2.75, 3.05) is 18.0 Å². The Morgan fingerprint density at radius 2 is 2.20 bits per heavy atom. The maximum Gasteiger partial charge on any atom is 0.363 e. The molecular formula is C14H22N4O2. The fraction of sp³-hybridized carbons (Fsp3) is 0.643. The van der Waals surface area contributed by atoms with Crippen LogP contribution < -0.4 is 10.6 Å². The van der Waals surface area contributed by atoms with Crippen molar-refractivity contribution in [2.24, 2.45) is 11.7 Å². The maximum atomic E-state index is 10.7. The molecule has 1 fully saturated rings. The Labute approximate surface area is 119 Å². The molecule has 2 rings (SSSR count). The lowest BCUT2D eigenvalue weighted by Crippen LogP contribution is -2.45. The van der Waals surface area contributed by atoms with Crippen molar-refractivity contribution in [3.05, 3.63) is 28.4 Å². The molecule has 0 aromatic carbocycles. The SMILES string of the molecule is CCN(c1ccc([N+](=O)[O-])nc1)C1CCCCC1CN. The van der Waals surface area contributed by atoms with Gasteiger partial charge in [0, 0.05) is 18.7 Å². The summed E-state index contributed by atoms with van der Waals surface area (Å²) in [6.45, 7) is 3.66. The number of nitrogens with zero attached hydrogens (tertiary/aromatic N) is 3. The number of hydrogen-bond acceptors (Lipinski definition) is 5. The zero-order chi connectivity index (χ0) is 14.5. The minimum absolute atomic E-state index is 0.108. The Balaban J connectivity index is 2.19. The third kappa shape index (κ3) is 3.07. The highest BCUT2D eigenvalue weighted by molar-refractivity contribution is 5.47. The van der Waals surface area contributed by atoms with Crippen LogP contribution in [0.1, 0.15) is 32.6 Å². The molecule has 2 N–H and O–H groups in total. The summed E-state index contributed by atoms with van der Waals surface area (Å²) in [5.74, 6) is 0.391. The van der Waals surface area contributed by atoms with Crippen LogP contribution in [-0.4, -0.2) is 29.0 Å². The highest BCUT2D eigenvalue weighted by Crippen LogP contribution is 2.31. The number of hydrogen-bond donors (Lipinski definition) is 1. The normalized spacial score (nSPS) is 22.5. The van der Waals surface area contributed by atoms with Crippen molar-refractivity contribution in [2.45, 2.75) is 38.6 Å². The first-order chi connectivity index (χ1) is 9.67. The average molecular weight is 278 g/mol. The fourth-order valence-corrected chi connectivity index (χ4v) is 3.14. The van der Waals surface area contributed by atoms with E-state index < -0.39 is 4.92 Å². The van der Waals surface area contributed by atoms with Gasteiger partial charge in [0.15, 0.2) is 6.20 Å². The highest BCUT2D eigenvalue weighted by Gasteiger charge is 2.29. The Bertz CT molecular complexity index is 449. The van der Waals surface area contributed by atoms with Crippen molar-refractivity contribution in [3.8, 4) is 0 Å². The van der Waals surface area contributed by atoms with E-state index in [0.29, 0.717) is 18.5 Å². The van der Waals surface area contributed by atoms with Crippen LogP contribution in [0.2, 0.25) is 0 Å². The number of aromatic nitrogens is 1. The van der Waals surface area contributed by atoms with Gasteiger partial charge >= 0.3 is 5.82 Å². The second-order valence-electron chi connectivity index (χ2n) is 5.27. The average Bonchev–Trinajstić information content (AvgIpc) is 2.49. The minimum atomic E-state index is -0.469. The molecule has 2 unspecified atom stereocenters. The Morgan fingerprint density at radius 1 is 1.45 bits per heavy atom. The first-order valence-electron chi connectivity index (χ1n) is 7.24. The van der Waals surface area contributed by atoms with Crippen molar-refractivity contribution >= 4 is 11.5 Å². The molecule has 6 heteroatoms. The second kappa shape index (κ2) is 6.65. The van der Waals surface area contributed by atoms with E-state index in [4.69, 9.17) is 5.73 Å². The van der Waals surface area contributed by atoms with Crippen molar-refractivity contribution in [3.63, 3.8) is 0 Å². The Morgan fingerprint density at radius 3 is 2.75 bits per heavy atom. The summed E-state index contributed by atoms with van der Waals surface area (Å²) in [5.41, 5.74) is 6.84. The van der Waals surface area contributed by atoms with E-state index >= 15 is 0 Å². The minimum Gasteiger partial charge on any atom is -0.365 e. The predicted molar refractivity (Wildman–Crippen MR) is 78.7 cm³/mol. The van der Waals surface area contributed by atoms with Crippen molar-refractivity contribution < 1.29 is 4.92 Å². The Kier molecular flexibility index (Phi) is 4.89. The molecule has 0 amide bonds. The first kappa shape index (κ1) is 14.7. The molecule has 1 aromatic heterocycles. The van der Waals surface area contributed by atoms with E-state index in [0.717, 1.165) is 25.1 Å². The lowest BCUT2D eigenvalue weighted by molar-refractivity contribution is -0.389. The van der Waals surface area contributed by atoms with Crippen LogP contribution in [0.15, 0.2) is 18.3 Å². The predicted octanol–water partition coefficient (Wildman–Crippen LogP) is 2.33. The molecule has 20 heavy (non-hydrogen) atoms.